The molecule has 2 nitrogen and oxygen atoms in total. The fourth-order valence-corrected chi connectivity index (χ4v) is 2.40. The Bertz CT molecular complexity index is 629. The van der Waals surface area contributed by atoms with E-state index in [0.29, 0.717) is 5.92 Å². The number of hydrogen-bond acceptors (Lipinski definition) is 1. The number of benzene rings is 2. The molecule has 2 rings (SSSR count). The number of aryl methyl sites for hydroxylation is 2. The van der Waals surface area contributed by atoms with Crippen molar-refractivity contribution in [1.29, 1.82) is 0 Å². The van der Waals surface area contributed by atoms with Crippen LogP contribution in [0.1, 0.15) is 53.2 Å². The van der Waals surface area contributed by atoms with Gasteiger partial charge in [-0.15, -0.1) is 0 Å². The van der Waals surface area contributed by atoms with Gasteiger partial charge in [0.25, 0.3) is 5.91 Å². The third-order valence-corrected chi connectivity index (χ3v) is 3.98. The minimum Gasteiger partial charge on any atom is -0.322 e. The van der Waals surface area contributed by atoms with Gasteiger partial charge in [-0.1, -0.05) is 43.7 Å². The lowest BCUT2D eigenvalue weighted by Crippen LogP contribution is -2.13. The van der Waals surface area contributed by atoms with Crippen LogP contribution >= 0.6 is 0 Å². The number of anilines is 1. The first-order chi connectivity index (χ1) is 10.0. The van der Waals surface area contributed by atoms with Gasteiger partial charge in [0.1, 0.15) is 0 Å². The molecule has 110 valence electrons. The summed E-state index contributed by atoms with van der Waals surface area (Å²) in [5.74, 6) is 0.498. The van der Waals surface area contributed by atoms with Gasteiger partial charge in [-0.05, 0) is 55.5 Å². The first-order valence-electron chi connectivity index (χ1n) is 7.49. The molecule has 0 unspecified atom stereocenters. The van der Waals surface area contributed by atoms with Crippen molar-refractivity contribution in [3.63, 3.8) is 0 Å². The van der Waals surface area contributed by atoms with Crippen molar-refractivity contribution in [2.45, 2.75) is 40.0 Å². The van der Waals surface area contributed by atoms with Gasteiger partial charge < -0.3 is 5.32 Å². The molecule has 0 radical (unpaired) electrons. The van der Waals surface area contributed by atoms with Crippen LogP contribution < -0.4 is 5.32 Å². The summed E-state index contributed by atoms with van der Waals surface area (Å²) in [5.41, 5.74) is 5.05. The van der Waals surface area contributed by atoms with Crippen LogP contribution in [-0.4, -0.2) is 5.91 Å². The quantitative estimate of drug-likeness (QED) is 0.833. The van der Waals surface area contributed by atoms with Gasteiger partial charge in [0.15, 0.2) is 0 Å². The molecule has 0 aliphatic rings. The fourth-order valence-electron chi connectivity index (χ4n) is 2.40. The average Bonchev–Trinajstić information content (AvgIpc) is 2.47. The lowest BCUT2D eigenvalue weighted by atomic mass is 9.98. The molecule has 0 fully saturated rings. The number of nitrogens with one attached hydrogen (secondary N) is 1. The Hall–Kier alpha value is -2.09. The summed E-state index contributed by atoms with van der Waals surface area (Å²) in [6.45, 7) is 8.39. The first kappa shape index (κ1) is 15.3. The lowest BCUT2D eigenvalue weighted by Gasteiger charge is -2.11. The van der Waals surface area contributed by atoms with Crippen LogP contribution in [0.2, 0.25) is 0 Å². The van der Waals surface area contributed by atoms with Crippen molar-refractivity contribution in [2.24, 2.45) is 0 Å². The number of hydrogen-bond donors (Lipinski definition) is 1. The van der Waals surface area contributed by atoms with E-state index in [-0.39, 0.29) is 5.91 Å². The summed E-state index contributed by atoms with van der Waals surface area (Å²) in [4.78, 5) is 12.3. The highest BCUT2D eigenvalue weighted by atomic mass is 16.1. The molecule has 0 bridgehead atoms. The molecule has 2 aromatic rings. The van der Waals surface area contributed by atoms with Crippen LogP contribution in [0.5, 0.6) is 0 Å². The topological polar surface area (TPSA) is 29.1 Å². The summed E-state index contributed by atoms with van der Waals surface area (Å²) in [7, 11) is 0. The molecule has 1 atom stereocenters. The summed E-state index contributed by atoms with van der Waals surface area (Å²) < 4.78 is 0. The summed E-state index contributed by atoms with van der Waals surface area (Å²) in [5, 5.41) is 2.96. The third-order valence-electron chi connectivity index (χ3n) is 3.98. The highest BCUT2D eigenvalue weighted by molar-refractivity contribution is 6.05. The summed E-state index contributed by atoms with van der Waals surface area (Å²) in [6.07, 6.45) is 1.12. The van der Waals surface area contributed by atoms with Crippen molar-refractivity contribution in [2.75, 3.05) is 5.32 Å². The van der Waals surface area contributed by atoms with Crippen molar-refractivity contribution in [3.8, 4) is 0 Å². The Kier molecular flexibility index (Phi) is 4.79. The standard InChI is InChI=1S/C19H23NO/c1-5-14(3)16-7-9-17(10-8-16)20-19(21)18-11-6-13(2)12-15(18)4/h6-12,14H,5H2,1-4H3,(H,20,21)/t14-/m1/s1. The van der Waals surface area contributed by atoms with E-state index in [2.05, 4.69) is 31.3 Å². The Labute approximate surface area is 127 Å². The monoisotopic (exact) mass is 281 g/mol. The minimum atomic E-state index is -0.0520. The number of carbonyl (C=O) groups excluding carboxylic acids is 1. The van der Waals surface area contributed by atoms with Gasteiger partial charge in [-0.2, -0.15) is 0 Å². The van der Waals surface area contributed by atoms with E-state index in [1.807, 2.05) is 44.2 Å². The van der Waals surface area contributed by atoms with Crippen LogP contribution in [0.15, 0.2) is 42.5 Å². The highest BCUT2D eigenvalue weighted by Crippen LogP contribution is 2.21. The maximum absolute atomic E-state index is 12.3. The van der Waals surface area contributed by atoms with Crippen LogP contribution in [0.4, 0.5) is 5.69 Å². The predicted molar refractivity (Wildman–Crippen MR) is 89.0 cm³/mol. The summed E-state index contributed by atoms with van der Waals surface area (Å²) in [6, 6.07) is 14.0. The maximum Gasteiger partial charge on any atom is 0.255 e. The van der Waals surface area contributed by atoms with Gasteiger partial charge >= 0.3 is 0 Å². The molecule has 1 N–H and O–H groups in total. The van der Waals surface area contributed by atoms with Crippen LogP contribution in [0, 0.1) is 13.8 Å². The Morgan fingerprint density at radius 3 is 2.33 bits per heavy atom. The molecule has 0 heterocycles. The number of carbonyl (C=O) groups is 1. The van der Waals surface area contributed by atoms with E-state index in [1.165, 1.54) is 11.1 Å². The average molecular weight is 281 g/mol. The van der Waals surface area contributed by atoms with Crippen molar-refractivity contribution >= 4 is 11.6 Å². The SMILES string of the molecule is CC[C@@H](C)c1ccc(NC(=O)c2ccc(C)cc2C)cc1. The predicted octanol–water partition coefficient (Wildman–Crippen LogP) is 5.07. The van der Waals surface area contributed by atoms with Gasteiger partial charge in [0.2, 0.25) is 0 Å². The largest absolute Gasteiger partial charge is 0.322 e. The van der Waals surface area contributed by atoms with Gasteiger partial charge in [-0.3, -0.25) is 4.79 Å². The molecule has 2 heteroatoms. The van der Waals surface area contributed by atoms with Gasteiger partial charge in [0, 0.05) is 11.3 Å². The number of amides is 1. The van der Waals surface area contributed by atoms with E-state index in [4.69, 9.17) is 0 Å². The molecule has 2 aromatic carbocycles. The zero-order valence-corrected chi connectivity index (χ0v) is 13.2. The van der Waals surface area contributed by atoms with Gasteiger partial charge in [-0.25, -0.2) is 0 Å². The normalized spacial score (nSPS) is 12.0. The Morgan fingerprint density at radius 2 is 1.76 bits per heavy atom. The molecule has 0 saturated carbocycles. The minimum absolute atomic E-state index is 0.0520. The molecule has 1 amide bonds. The Morgan fingerprint density at radius 1 is 1.10 bits per heavy atom. The zero-order valence-electron chi connectivity index (χ0n) is 13.2. The van der Waals surface area contributed by atoms with E-state index in [1.54, 1.807) is 0 Å². The second kappa shape index (κ2) is 6.57. The smallest absolute Gasteiger partial charge is 0.255 e. The molecule has 0 aliphatic heterocycles. The molecule has 0 spiro atoms. The maximum atomic E-state index is 12.3. The van der Waals surface area contributed by atoms with Crippen LogP contribution in [-0.2, 0) is 0 Å². The molecule has 0 aromatic heterocycles. The van der Waals surface area contributed by atoms with Crippen LogP contribution in [0.3, 0.4) is 0 Å². The highest BCUT2D eigenvalue weighted by Gasteiger charge is 2.09. The number of rotatable bonds is 4. The van der Waals surface area contributed by atoms with E-state index >= 15 is 0 Å². The molecule has 0 saturated heterocycles. The Balaban J connectivity index is 2.12. The van der Waals surface area contributed by atoms with Crippen molar-refractivity contribution < 1.29 is 4.79 Å². The summed E-state index contributed by atoms with van der Waals surface area (Å²) >= 11 is 0. The van der Waals surface area contributed by atoms with E-state index in [9.17, 15) is 4.79 Å². The second-order valence-corrected chi connectivity index (χ2v) is 5.70. The molecular formula is C19H23NO. The molecule has 0 aliphatic carbocycles. The lowest BCUT2D eigenvalue weighted by molar-refractivity contribution is 0.102. The third kappa shape index (κ3) is 3.72. The van der Waals surface area contributed by atoms with Gasteiger partial charge in [0.05, 0.1) is 0 Å². The first-order valence-corrected chi connectivity index (χ1v) is 7.49. The van der Waals surface area contributed by atoms with Crippen molar-refractivity contribution in [3.05, 3.63) is 64.7 Å². The van der Waals surface area contributed by atoms with E-state index in [0.717, 1.165) is 23.2 Å². The zero-order chi connectivity index (χ0) is 15.4. The van der Waals surface area contributed by atoms with Crippen molar-refractivity contribution in [1.82, 2.24) is 0 Å². The second-order valence-electron chi connectivity index (χ2n) is 5.70. The molecule has 21 heavy (non-hydrogen) atoms. The fraction of sp³-hybridized carbons (Fsp3) is 0.316. The molecular weight excluding hydrogens is 258 g/mol. The van der Waals surface area contributed by atoms with E-state index < -0.39 is 0 Å². The van der Waals surface area contributed by atoms with Crippen LogP contribution in [0.25, 0.3) is 0 Å².